The fourth-order valence-electron chi connectivity index (χ4n) is 2.76. The van der Waals surface area contributed by atoms with Gasteiger partial charge in [0.2, 0.25) is 5.91 Å². The maximum atomic E-state index is 12.3. The van der Waals surface area contributed by atoms with Gasteiger partial charge < -0.3 is 5.32 Å². The van der Waals surface area contributed by atoms with Crippen molar-refractivity contribution in [2.45, 2.75) is 18.9 Å². The standard InChI is InChI=1S/C16H17BrN2OS/c17-12-5-1-2-6-13(12)18-16(20)11-19-9-3-7-14(19)15-8-4-10-21-15/h1-2,4-6,8,10,14H,3,7,9,11H2,(H,18,20)/t14-/m1/s1. The highest BCUT2D eigenvalue weighted by molar-refractivity contribution is 9.10. The summed E-state index contributed by atoms with van der Waals surface area (Å²) in [5.41, 5.74) is 0.828. The number of anilines is 1. The zero-order chi connectivity index (χ0) is 14.7. The third-order valence-electron chi connectivity index (χ3n) is 3.73. The largest absolute Gasteiger partial charge is 0.324 e. The Balaban J connectivity index is 1.63. The second-order valence-electron chi connectivity index (χ2n) is 5.17. The molecule has 3 rings (SSSR count). The Labute approximate surface area is 137 Å². The first-order valence-corrected chi connectivity index (χ1v) is 8.73. The van der Waals surface area contributed by atoms with Crippen molar-refractivity contribution in [2.75, 3.05) is 18.4 Å². The molecule has 110 valence electrons. The molecule has 1 fully saturated rings. The van der Waals surface area contributed by atoms with Crippen molar-refractivity contribution in [2.24, 2.45) is 0 Å². The molecule has 0 radical (unpaired) electrons. The maximum Gasteiger partial charge on any atom is 0.238 e. The Morgan fingerprint density at radius 2 is 2.19 bits per heavy atom. The molecule has 3 nitrogen and oxygen atoms in total. The van der Waals surface area contributed by atoms with Crippen molar-refractivity contribution >= 4 is 38.9 Å². The molecule has 1 N–H and O–H groups in total. The van der Waals surface area contributed by atoms with Gasteiger partial charge in [-0.1, -0.05) is 18.2 Å². The van der Waals surface area contributed by atoms with Gasteiger partial charge in [-0.15, -0.1) is 11.3 Å². The van der Waals surface area contributed by atoms with Gasteiger partial charge in [0.1, 0.15) is 0 Å². The first-order chi connectivity index (χ1) is 10.2. The molecular weight excluding hydrogens is 348 g/mol. The SMILES string of the molecule is O=C(CN1CCC[C@@H]1c1cccs1)Nc1ccccc1Br. The van der Waals surface area contributed by atoms with Crippen LogP contribution in [0.4, 0.5) is 5.69 Å². The summed E-state index contributed by atoms with van der Waals surface area (Å²) in [6.07, 6.45) is 2.30. The van der Waals surface area contributed by atoms with Gasteiger partial charge >= 0.3 is 0 Å². The average Bonchev–Trinajstić information content (AvgIpc) is 3.11. The second kappa shape index (κ2) is 6.73. The quantitative estimate of drug-likeness (QED) is 0.877. The highest BCUT2D eigenvalue weighted by atomic mass is 79.9. The Morgan fingerprint density at radius 1 is 1.33 bits per heavy atom. The number of nitrogens with zero attached hydrogens (tertiary/aromatic N) is 1. The Kier molecular flexibility index (Phi) is 4.73. The third kappa shape index (κ3) is 3.54. The predicted octanol–water partition coefficient (Wildman–Crippen LogP) is 4.29. The van der Waals surface area contributed by atoms with E-state index in [0.717, 1.165) is 29.5 Å². The van der Waals surface area contributed by atoms with E-state index in [9.17, 15) is 4.79 Å². The van der Waals surface area contributed by atoms with E-state index < -0.39 is 0 Å². The molecule has 1 atom stereocenters. The van der Waals surface area contributed by atoms with Gasteiger partial charge in [0.05, 0.1) is 12.2 Å². The van der Waals surface area contributed by atoms with Crippen molar-refractivity contribution < 1.29 is 4.79 Å². The molecular formula is C16H17BrN2OS. The summed E-state index contributed by atoms with van der Waals surface area (Å²) in [7, 11) is 0. The number of thiophene rings is 1. The van der Waals surface area contributed by atoms with Gasteiger partial charge in [0.15, 0.2) is 0 Å². The number of para-hydroxylation sites is 1. The van der Waals surface area contributed by atoms with E-state index in [1.165, 1.54) is 4.88 Å². The summed E-state index contributed by atoms with van der Waals surface area (Å²) < 4.78 is 0.912. The molecule has 1 aliphatic heterocycles. The van der Waals surface area contributed by atoms with E-state index in [0.29, 0.717) is 12.6 Å². The van der Waals surface area contributed by atoms with E-state index in [4.69, 9.17) is 0 Å². The lowest BCUT2D eigenvalue weighted by Gasteiger charge is -2.23. The van der Waals surface area contributed by atoms with Crippen LogP contribution in [0.2, 0.25) is 0 Å². The number of rotatable bonds is 4. The van der Waals surface area contributed by atoms with Crippen LogP contribution in [-0.2, 0) is 4.79 Å². The molecule has 1 amide bonds. The van der Waals surface area contributed by atoms with E-state index >= 15 is 0 Å². The topological polar surface area (TPSA) is 32.3 Å². The third-order valence-corrected chi connectivity index (χ3v) is 5.39. The molecule has 2 heterocycles. The van der Waals surface area contributed by atoms with Crippen molar-refractivity contribution in [3.63, 3.8) is 0 Å². The number of amides is 1. The highest BCUT2D eigenvalue weighted by Gasteiger charge is 2.28. The molecule has 1 aliphatic rings. The fraction of sp³-hybridized carbons (Fsp3) is 0.312. The number of hydrogen-bond acceptors (Lipinski definition) is 3. The Bertz CT molecular complexity index is 614. The van der Waals surface area contributed by atoms with Crippen molar-refractivity contribution in [1.82, 2.24) is 4.90 Å². The smallest absolute Gasteiger partial charge is 0.238 e. The summed E-state index contributed by atoms with van der Waals surface area (Å²) in [5.74, 6) is 0.0466. The van der Waals surface area contributed by atoms with Crippen LogP contribution in [0, 0.1) is 0 Å². The van der Waals surface area contributed by atoms with Gasteiger partial charge in [0.25, 0.3) is 0 Å². The molecule has 0 unspecified atom stereocenters. The Morgan fingerprint density at radius 3 is 2.95 bits per heavy atom. The van der Waals surface area contributed by atoms with Crippen molar-refractivity contribution in [3.05, 3.63) is 51.1 Å². The van der Waals surface area contributed by atoms with Crippen LogP contribution in [0.5, 0.6) is 0 Å². The van der Waals surface area contributed by atoms with Gasteiger partial charge in [-0.25, -0.2) is 0 Å². The predicted molar refractivity (Wildman–Crippen MR) is 90.6 cm³/mol. The number of nitrogens with one attached hydrogen (secondary N) is 1. The van der Waals surface area contributed by atoms with E-state index in [2.05, 4.69) is 43.7 Å². The lowest BCUT2D eigenvalue weighted by atomic mass is 10.2. The minimum atomic E-state index is 0.0466. The normalized spacial score (nSPS) is 18.8. The van der Waals surface area contributed by atoms with Crippen LogP contribution in [0.25, 0.3) is 0 Å². The highest BCUT2D eigenvalue weighted by Crippen LogP contribution is 2.34. The molecule has 0 aliphatic carbocycles. The van der Waals surface area contributed by atoms with Crippen molar-refractivity contribution in [3.8, 4) is 0 Å². The van der Waals surface area contributed by atoms with Gasteiger partial charge in [-0.2, -0.15) is 0 Å². The van der Waals surface area contributed by atoms with Crippen LogP contribution >= 0.6 is 27.3 Å². The van der Waals surface area contributed by atoms with Crippen LogP contribution in [0.3, 0.4) is 0 Å². The van der Waals surface area contributed by atoms with Crippen molar-refractivity contribution in [1.29, 1.82) is 0 Å². The Hall–Kier alpha value is -1.17. The van der Waals surface area contributed by atoms with Crippen LogP contribution < -0.4 is 5.32 Å². The number of halogens is 1. The number of carbonyl (C=O) groups is 1. The summed E-state index contributed by atoms with van der Waals surface area (Å²) >= 11 is 5.23. The molecule has 0 bridgehead atoms. The average molecular weight is 365 g/mol. The molecule has 0 spiro atoms. The van der Waals surface area contributed by atoms with E-state index in [1.807, 2.05) is 24.3 Å². The number of hydrogen-bond donors (Lipinski definition) is 1. The molecule has 1 saturated heterocycles. The lowest BCUT2D eigenvalue weighted by Crippen LogP contribution is -2.32. The molecule has 21 heavy (non-hydrogen) atoms. The van der Waals surface area contributed by atoms with Crippen LogP contribution in [0.15, 0.2) is 46.3 Å². The second-order valence-corrected chi connectivity index (χ2v) is 7.01. The monoisotopic (exact) mass is 364 g/mol. The molecule has 5 heteroatoms. The van der Waals surface area contributed by atoms with Gasteiger partial charge in [0, 0.05) is 15.4 Å². The van der Waals surface area contributed by atoms with E-state index in [1.54, 1.807) is 11.3 Å². The molecule has 0 saturated carbocycles. The first kappa shape index (κ1) is 14.8. The number of carbonyl (C=O) groups excluding carboxylic acids is 1. The molecule has 1 aromatic heterocycles. The van der Waals surface area contributed by atoms with E-state index in [-0.39, 0.29) is 5.91 Å². The number of benzene rings is 1. The lowest BCUT2D eigenvalue weighted by molar-refractivity contribution is -0.117. The summed E-state index contributed by atoms with van der Waals surface area (Å²) in [5, 5.41) is 5.08. The minimum absolute atomic E-state index is 0.0466. The van der Waals surface area contributed by atoms with Crippen LogP contribution in [-0.4, -0.2) is 23.9 Å². The van der Waals surface area contributed by atoms with Crippen LogP contribution in [0.1, 0.15) is 23.8 Å². The number of likely N-dealkylation sites (tertiary alicyclic amines) is 1. The summed E-state index contributed by atoms with van der Waals surface area (Å²) in [6.45, 7) is 1.44. The zero-order valence-electron chi connectivity index (χ0n) is 11.6. The van der Waals surface area contributed by atoms with Gasteiger partial charge in [-0.05, 0) is 58.9 Å². The maximum absolute atomic E-state index is 12.3. The summed E-state index contributed by atoms with van der Waals surface area (Å²) in [4.78, 5) is 15.9. The first-order valence-electron chi connectivity index (χ1n) is 7.06. The molecule has 2 aromatic rings. The minimum Gasteiger partial charge on any atom is -0.324 e. The van der Waals surface area contributed by atoms with Gasteiger partial charge in [-0.3, -0.25) is 9.69 Å². The fourth-order valence-corrected chi connectivity index (χ4v) is 4.03. The molecule has 1 aromatic carbocycles. The summed E-state index contributed by atoms with van der Waals surface area (Å²) in [6, 6.07) is 12.3. The zero-order valence-corrected chi connectivity index (χ0v) is 14.0.